The normalized spacial score (nSPS) is 9.74. The summed E-state index contributed by atoms with van der Waals surface area (Å²) in [6, 6.07) is 16.2. The Balaban J connectivity index is 2.08. The molecule has 0 aliphatic carbocycles. The number of Topliss-reactive ketones (excluding diaryl/α,β-unsaturated/α-hetero) is 1. The lowest BCUT2D eigenvalue weighted by Gasteiger charge is -2.07. The van der Waals surface area contributed by atoms with Gasteiger partial charge in [-0.05, 0) is 36.4 Å². The Hall–Kier alpha value is -2.20. The summed E-state index contributed by atoms with van der Waals surface area (Å²) in [7, 11) is 1.58. The van der Waals surface area contributed by atoms with Crippen LogP contribution in [0, 0.1) is 0 Å². The molecule has 2 aromatic rings. The third-order valence-electron chi connectivity index (χ3n) is 2.59. The molecule has 0 saturated heterocycles. The maximum absolute atomic E-state index is 12.1. The number of hydrogen-bond acceptors (Lipinski definition) is 3. The van der Waals surface area contributed by atoms with Crippen LogP contribution in [0.25, 0.3) is 0 Å². The molecule has 1 N–H and O–H groups in total. The molecule has 0 aliphatic heterocycles. The zero-order valence-corrected chi connectivity index (χ0v) is 11.2. The van der Waals surface area contributed by atoms with Gasteiger partial charge in [0.1, 0.15) is 5.75 Å². The SMILES string of the molecule is COc1ccc(C(=O)C(=S)Nc2ccccc2)cc1. The number of benzene rings is 2. The van der Waals surface area contributed by atoms with E-state index in [4.69, 9.17) is 17.0 Å². The molecule has 0 heterocycles. The Labute approximate surface area is 117 Å². The number of methoxy groups -OCH3 is 1. The number of ether oxygens (including phenoxy) is 1. The number of hydrogen-bond donors (Lipinski definition) is 1. The molecule has 0 saturated carbocycles. The molecule has 2 aromatic carbocycles. The minimum atomic E-state index is -0.207. The molecule has 2 rings (SSSR count). The Morgan fingerprint density at radius 1 is 1.05 bits per heavy atom. The van der Waals surface area contributed by atoms with Crippen molar-refractivity contribution in [3.63, 3.8) is 0 Å². The van der Waals surface area contributed by atoms with Crippen molar-refractivity contribution in [3.8, 4) is 5.75 Å². The van der Waals surface area contributed by atoms with Crippen molar-refractivity contribution in [2.45, 2.75) is 0 Å². The van der Waals surface area contributed by atoms with E-state index in [0.29, 0.717) is 11.3 Å². The number of rotatable bonds is 4. The average molecular weight is 271 g/mol. The summed E-state index contributed by atoms with van der Waals surface area (Å²) in [6.07, 6.45) is 0. The third kappa shape index (κ3) is 3.39. The Kier molecular flexibility index (Phi) is 4.26. The molecule has 0 amide bonds. The lowest BCUT2D eigenvalue weighted by atomic mass is 10.1. The highest BCUT2D eigenvalue weighted by Gasteiger charge is 2.12. The van der Waals surface area contributed by atoms with E-state index >= 15 is 0 Å². The Morgan fingerprint density at radius 2 is 1.68 bits per heavy atom. The molecule has 4 heteroatoms. The molecule has 0 bridgehead atoms. The number of ketones is 1. The van der Waals surface area contributed by atoms with E-state index in [0.717, 1.165) is 5.69 Å². The predicted octanol–water partition coefficient (Wildman–Crippen LogP) is 3.32. The average Bonchev–Trinajstić information content (AvgIpc) is 2.47. The van der Waals surface area contributed by atoms with Crippen LogP contribution in [0.3, 0.4) is 0 Å². The zero-order valence-electron chi connectivity index (χ0n) is 10.4. The van der Waals surface area contributed by atoms with Crippen LogP contribution >= 0.6 is 12.2 Å². The lowest BCUT2D eigenvalue weighted by molar-refractivity contribution is 0.106. The Bertz CT molecular complexity index is 579. The molecule has 0 aromatic heterocycles. The van der Waals surface area contributed by atoms with Crippen molar-refractivity contribution in [1.82, 2.24) is 0 Å². The number of para-hydroxylation sites is 1. The fourth-order valence-corrected chi connectivity index (χ4v) is 1.82. The molecule has 96 valence electrons. The first kappa shape index (κ1) is 13.2. The van der Waals surface area contributed by atoms with Gasteiger partial charge in [-0.25, -0.2) is 0 Å². The van der Waals surface area contributed by atoms with Gasteiger partial charge in [-0.3, -0.25) is 4.79 Å². The first-order chi connectivity index (χ1) is 9.20. The summed E-state index contributed by atoms with van der Waals surface area (Å²) in [4.78, 5) is 12.3. The van der Waals surface area contributed by atoms with Crippen LogP contribution in [0.15, 0.2) is 54.6 Å². The van der Waals surface area contributed by atoms with Crippen molar-refractivity contribution in [1.29, 1.82) is 0 Å². The molecule has 19 heavy (non-hydrogen) atoms. The number of anilines is 1. The maximum Gasteiger partial charge on any atom is 0.220 e. The van der Waals surface area contributed by atoms with Crippen molar-refractivity contribution < 1.29 is 9.53 Å². The largest absolute Gasteiger partial charge is 0.497 e. The predicted molar refractivity (Wildman–Crippen MR) is 80.0 cm³/mol. The maximum atomic E-state index is 12.1. The van der Waals surface area contributed by atoms with Crippen LogP contribution in [0.1, 0.15) is 10.4 Å². The summed E-state index contributed by atoms with van der Waals surface area (Å²) in [5, 5.41) is 2.92. The molecule has 0 aliphatic rings. The second-order valence-corrected chi connectivity index (χ2v) is 4.29. The van der Waals surface area contributed by atoms with Gasteiger partial charge in [0.25, 0.3) is 0 Å². The van der Waals surface area contributed by atoms with E-state index in [1.165, 1.54) is 0 Å². The summed E-state index contributed by atoms with van der Waals surface area (Å²) in [6.45, 7) is 0. The fraction of sp³-hybridized carbons (Fsp3) is 0.0667. The van der Waals surface area contributed by atoms with Gasteiger partial charge in [0.05, 0.1) is 7.11 Å². The minimum absolute atomic E-state index is 0.177. The monoisotopic (exact) mass is 271 g/mol. The molecule has 0 fully saturated rings. The summed E-state index contributed by atoms with van der Waals surface area (Å²) < 4.78 is 5.05. The van der Waals surface area contributed by atoms with E-state index in [-0.39, 0.29) is 10.8 Å². The minimum Gasteiger partial charge on any atom is -0.497 e. The van der Waals surface area contributed by atoms with Gasteiger partial charge < -0.3 is 10.1 Å². The van der Waals surface area contributed by atoms with Crippen molar-refractivity contribution >= 4 is 28.7 Å². The fourth-order valence-electron chi connectivity index (χ4n) is 1.58. The van der Waals surface area contributed by atoms with Gasteiger partial charge in [0.2, 0.25) is 5.78 Å². The van der Waals surface area contributed by atoms with E-state index < -0.39 is 0 Å². The number of thiocarbonyl (C=S) groups is 1. The standard InChI is InChI=1S/C15H13NO2S/c1-18-13-9-7-11(8-10-13)14(17)15(19)16-12-5-3-2-4-6-12/h2-10H,1H3,(H,16,19). The summed E-state index contributed by atoms with van der Waals surface area (Å²) >= 11 is 5.11. The molecule has 0 unspecified atom stereocenters. The number of carbonyl (C=O) groups excluding carboxylic acids is 1. The molecule has 0 spiro atoms. The molecule has 3 nitrogen and oxygen atoms in total. The van der Waals surface area contributed by atoms with Crippen molar-refractivity contribution in [2.24, 2.45) is 0 Å². The highest BCUT2D eigenvalue weighted by molar-refractivity contribution is 7.82. The van der Waals surface area contributed by atoms with Crippen LogP contribution < -0.4 is 10.1 Å². The van der Waals surface area contributed by atoms with E-state index in [1.54, 1.807) is 31.4 Å². The quantitative estimate of drug-likeness (QED) is 0.684. The Morgan fingerprint density at radius 3 is 2.26 bits per heavy atom. The van der Waals surface area contributed by atoms with Gasteiger partial charge in [0, 0.05) is 11.3 Å². The van der Waals surface area contributed by atoms with Crippen molar-refractivity contribution in [2.75, 3.05) is 12.4 Å². The molecular formula is C15H13NO2S. The van der Waals surface area contributed by atoms with Crippen LogP contribution in [0.4, 0.5) is 5.69 Å². The van der Waals surface area contributed by atoms with Crippen LogP contribution in [-0.4, -0.2) is 17.9 Å². The van der Waals surface area contributed by atoms with Crippen LogP contribution in [0.5, 0.6) is 5.75 Å². The van der Waals surface area contributed by atoms with Gasteiger partial charge in [0.15, 0.2) is 4.99 Å². The van der Waals surface area contributed by atoms with Crippen LogP contribution in [-0.2, 0) is 0 Å². The first-order valence-electron chi connectivity index (χ1n) is 5.75. The topological polar surface area (TPSA) is 38.3 Å². The van der Waals surface area contributed by atoms with Gasteiger partial charge in [-0.15, -0.1) is 0 Å². The second kappa shape index (κ2) is 6.11. The number of nitrogens with one attached hydrogen (secondary N) is 1. The molecular weight excluding hydrogens is 258 g/mol. The zero-order chi connectivity index (χ0) is 13.7. The molecule has 0 atom stereocenters. The first-order valence-corrected chi connectivity index (χ1v) is 6.16. The van der Waals surface area contributed by atoms with Gasteiger partial charge in [-0.2, -0.15) is 0 Å². The van der Waals surface area contributed by atoms with E-state index in [9.17, 15) is 4.79 Å². The third-order valence-corrected chi connectivity index (χ3v) is 2.88. The summed E-state index contributed by atoms with van der Waals surface area (Å²) in [5.74, 6) is 0.500. The summed E-state index contributed by atoms with van der Waals surface area (Å²) in [5.41, 5.74) is 1.34. The van der Waals surface area contributed by atoms with E-state index in [2.05, 4.69) is 5.32 Å². The second-order valence-electron chi connectivity index (χ2n) is 3.88. The highest BCUT2D eigenvalue weighted by atomic mass is 32.1. The van der Waals surface area contributed by atoms with Crippen molar-refractivity contribution in [3.05, 3.63) is 60.2 Å². The van der Waals surface area contributed by atoms with Gasteiger partial charge >= 0.3 is 0 Å². The van der Waals surface area contributed by atoms with E-state index in [1.807, 2.05) is 30.3 Å². The van der Waals surface area contributed by atoms with Crippen LogP contribution in [0.2, 0.25) is 0 Å². The van der Waals surface area contributed by atoms with Gasteiger partial charge in [-0.1, -0.05) is 30.4 Å². The smallest absolute Gasteiger partial charge is 0.220 e. The lowest BCUT2D eigenvalue weighted by Crippen LogP contribution is -2.20. The highest BCUT2D eigenvalue weighted by Crippen LogP contribution is 2.13. The number of carbonyl (C=O) groups is 1. The molecule has 0 radical (unpaired) electrons.